The van der Waals surface area contributed by atoms with E-state index in [2.05, 4.69) is 78.7 Å². The Bertz CT molecular complexity index is 1180. The summed E-state index contributed by atoms with van der Waals surface area (Å²) in [6.45, 7) is 2.26. The molecule has 2 atom stereocenters. The first-order valence-electron chi connectivity index (χ1n) is 12.3. The monoisotopic (exact) mass is 456 g/mol. The summed E-state index contributed by atoms with van der Waals surface area (Å²) >= 11 is 1.61. The number of hydrogen-bond donors (Lipinski definition) is 1. The van der Waals surface area contributed by atoms with E-state index < -0.39 is 0 Å². The normalized spacial score (nSPS) is 18.9. The van der Waals surface area contributed by atoms with Gasteiger partial charge in [0.1, 0.15) is 0 Å². The van der Waals surface area contributed by atoms with E-state index in [1.807, 2.05) is 0 Å². The second-order valence-electron chi connectivity index (χ2n) is 9.48. The zero-order valence-electron chi connectivity index (χ0n) is 19.3. The summed E-state index contributed by atoms with van der Waals surface area (Å²) in [6.07, 6.45) is 11.4. The lowest BCUT2D eigenvalue weighted by Crippen LogP contribution is -2.28. The lowest BCUT2D eigenvalue weighted by Gasteiger charge is -2.30. The number of rotatable bonds is 7. The highest BCUT2D eigenvalue weighted by Gasteiger charge is 2.35. The van der Waals surface area contributed by atoms with Gasteiger partial charge in [0.2, 0.25) is 0 Å². The first-order chi connectivity index (χ1) is 16.2. The molecule has 5 rings (SSSR count). The van der Waals surface area contributed by atoms with Crippen molar-refractivity contribution in [2.45, 2.75) is 62.4 Å². The Morgan fingerprint density at radius 1 is 1.06 bits per heavy atom. The molecular formula is C29H32N2OS. The van der Waals surface area contributed by atoms with Crippen LogP contribution in [0.25, 0.3) is 11.3 Å². The fourth-order valence-electron chi connectivity index (χ4n) is 5.52. The summed E-state index contributed by atoms with van der Waals surface area (Å²) in [5, 5.41) is 0.724. The average molecular weight is 457 g/mol. The minimum atomic E-state index is 0.0654. The Morgan fingerprint density at radius 3 is 2.64 bits per heavy atom. The standard InChI is InChI=1S/C29H32N2OS/c1-20(21-12-3-2-4-13-21)11-9-10-18-33-29-30-27-24-17-8-7-16-23(24)19-25(22-14-5-6-15-22)26(27)28(32)31-29/h2-4,7-10,12-13,16-17,20,22,25H,5-6,11,14-15,18-19H2,1H3,(H,30,31,32)/b10-9+. The first kappa shape index (κ1) is 22.2. The van der Waals surface area contributed by atoms with Crippen LogP contribution in [-0.2, 0) is 6.42 Å². The maximum absolute atomic E-state index is 13.3. The van der Waals surface area contributed by atoms with Crippen molar-refractivity contribution in [3.05, 3.63) is 93.8 Å². The predicted octanol–water partition coefficient (Wildman–Crippen LogP) is 7.11. The van der Waals surface area contributed by atoms with Crippen LogP contribution in [0.2, 0.25) is 0 Å². The molecule has 2 aliphatic rings. The number of allylic oxidation sites excluding steroid dienone is 1. The number of H-pyrrole nitrogens is 1. The molecule has 0 aliphatic heterocycles. The van der Waals surface area contributed by atoms with Gasteiger partial charge in [0.05, 0.1) is 5.69 Å². The van der Waals surface area contributed by atoms with Crippen LogP contribution in [0.3, 0.4) is 0 Å². The third-order valence-corrected chi connectivity index (χ3v) is 8.15. The highest BCUT2D eigenvalue weighted by atomic mass is 32.2. The maximum Gasteiger partial charge on any atom is 0.255 e. The Morgan fingerprint density at radius 2 is 1.82 bits per heavy atom. The summed E-state index contributed by atoms with van der Waals surface area (Å²) in [6, 6.07) is 19.1. The molecule has 1 heterocycles. The molecule has 0 radical (unpaired) electrons. The van der Waals surface area contributed by atoms with Gasteiger partial charge in [-0.3, -0.25) is 4.79 Å². The molecule has 170 valence electrons. The van der Waals surface area contributed by atoms with E-state index in [4.69, 9.17) is 4.98 Å². The third kappa shape index (κ3) is 4.86. The van der Waals surface area contributed by atoms with Crippen molar-refractivity contribution in [2.75, 3.05) is 5.75 Å². The molecule has 2 aromatic carbocycles. The molecule has 1 saturated carbocycles. The molecule has 0 saturated heterocycles. The van der Waals surface area contributed by atoms with E-state index in [9.17, 15) is 4.79 Å². The second kappa shape index (κ2) is 10.1. The zero-order chi connectivity index (χ0) is 22.6. The van der Waals surface area contributed by atoms with Gasteiger partial charge in [0.25, 0.3) is 5.56 Å². The number of nitrogens with zero attached hydrogens (tertiary/aromatic N) is 1. The highest BCUT2D eigenvalue weighted by Crippen LogP contribution is 2.45. The quantitative estimate of drug-likeness (QED) is 0.234. The largest absolute Gasteiger partial charge is 0.301 e. The van der Waals surface area contributed by atoms with Crippen LogP contribution in [0.1, 0.15) is 67.6 Å². The highest BCUT2D eigenvalue weighted by molar-refractivity contribution is 7.99. The molecule has 2 unspecified atom stereocenters. The molecule has 0 amide bonds. The number of aromatic nitrogens is 2. The Hall–Kier alpha value is -2.59. The van der Waals surface area contributed by atoms with Crippen LogP contribution in [0.4, 0.5) is 0 Å². The first-order valence-corrected chi connectivity index (χ1v) is 13.2. The Balaban J connectivity index is 1.32. The smallest absolute Gasteiger partial charge is 0.255 e. The molecule has 0 spiro atoms. The minimum absolute atomic E-state index is 0.0654. The molecule has 33 heavy (non-hydrogen) atoms. The van der Waals surface area contributed by atoms with Crippen molar-refractivity contribution >= 4 is 11.8 Å². The van der Waals surface area contributed by atoms with Gasteiger partial charge in [0.15, 0.2) is 5.16 Å². The van der Waals surface area contributed by atoms with Gasteiger partial charge >= 0.3 is 0 Å². The summed E-state index contributed by atoms with van der Waals surface area (Å²) in [5.41, 5.74) is 5.76. The van der Waals surface area contributed by atoms with Crippen LogP contribution >= 0.6 is 11.8 Å². The van der Waals surface area contributed by atoms with Crippen molar-refractivity contribution in [1.29, 1.82) is 0 Å². The number of hydrogen-bond acceptors (Lipinski definition) is 3. The molecule has 3 aromatic rings. The van der Waals surface area contributed by atoms with E-state index in [-0.39, 0.29) is 5.56 Å². The van der Waals surface area contributed by atoms with Gasteiger partial charge in [-0.2, -0.15) is 0 Å². The van der Waals surface area contributed by atoms with E-state index in [1.165, 1.54) is 36.8 Å². The van der Waals surface area contributed by atoms with Gasteiger partial charge < -0.3 is 4.98 Å². The number of thioether (sulfide) groups is 1. The SMILES string of the molecule is CC(C/C=C/CSc1nc2c(c(=O)[nH]1)C(C1CCCC1)Cc1ccccc1-2)c1ccccc1. The zero-order valence-corrected chi connectivity index (χ0v) is 20.1. The van der Waals surface area contributed by atoms with Crippen molar-refractivity contribution < 1.29 is 0 Å². The minimum Gasteiger partial charge on any atom is -0.301 e. The number of benzene rings is 2. The number of aromatic amines is 1. The summed E-state index contributed by atoms with van der Waals surface area (Å²) in [5.74, 6) is 2.20. The number of fused-ring (bicyclic) bond motifs is 3. The van der Waals surface area contributed by atoms with Crippen molar-refractivity contribution in [1.82, 2.24) is 9.97 Å². The van der Waals surface area contributed by atoms with Crippen LogP contribution in [0.15, 0.2) is 76.7 Å². The van der Waals surface area contributed by atoms with E-state index in [0.29, 0.717) is 17.8 Å². The fourth-order valence-corrected chi connectivity index (χ4v) is 6.23. The third-order valence-electron chi connectivity index (χ3n) is 7.33. The van der Waals surface area contributed by atoms with Gasteiger partial charge in [-0.15, -0.1) is 0 Å². The molecule has 1 N–H and O–H groups in total. The van der Waals surface area contributed by atoms with E-state index in [0.717, 1.165) is 40.6 Å². The van der Waals surface area contributed by atoms with Crippen molar-refractivity contribution in [2.24, 2.45) is 5.92 Å². The summed E-state index contributed by atoms with van der Waals surface area (Å²) in [7, 11) is 0. The van der Waals surface area contributed by atoms with Crippen molar-refractivity contribution in [3.8, 4) is 11.3 Å². The van der Waals surface area contributed by atoms with Gasteiger partial charge in [-0.1, -0.05) is 98.3 Å². The molecule has 4 heteroatoms. The molecule has 1 aromatic heterocycles. The summed E-state index contributed by atoms with van der Waals surface area (Å²) < 4.78 is 0. The van der Waals surface area contributed by atoms with Crippen LogP contribution in [0.5, 0.6) is 0 Å². The molecule has 0 bridgehead atoms. The maximum atomic E-state index is 13.3. The Kier molecular flexibility index (Phi) is 6.82. The fraction of sp³-hybridized carbons (Fsp3) is 0.379. The Labute approximate surface area is 200 Å². The summed E-state index contributed by atoms with van der Waals surface area (Å²) in [4.78, 5) is 21.4. The second-order valence-corrected chi connectivity index (χ2v) is 10.5. The molecular weight excluding hydrogens is 424 g/mol. The molecule has 3 nitrogen and oxygen atoms in total. The average Bonchev–Trinajstić information content (AvgIpc) is 3.39. The van der Waals surface area contributed by atoms with Crippen LogP contribution < -0.4 is 5.56 Å². The molecule has 2 aliphatic carbocycles. The van der Waals surface area contributed by atoms with Gasteiger partial charge in [-0.05, 0) is 54.6 Å². The predicted molar refractivity (Wildman–Crippen MR) is 138 cm³/mol. The van der Waals surface area contributed by atoms with Crippen LogP contribution in [-0.4, -0.2) is 15.7 Å². The lowest BCUT2D eigenvalue weighted by molar-refractivity contribution is 0.424. The van der Waals surface area contributed by atoms with E-state index >= 15 is 0 Å². The topological polar surface area (TPSA) is 45.8 Å². The van der Waals surface area contributed by atoms with Gasteiger partial charge in [0, 0.05) is 16.9 Å². The van der Waals surface area contributed by atoms with Gasteiger partial charge in [-0.25, -0.2) is 4.98 Å². The molecule has 1 fully saturated rings. The number of nitrogens with one attached hydrogen (secondary N) is 1. The van der Waals surface area contributed by atoms with E-state index in [1.54, 1.807) is 11.8 Å². The van der Waals surface area contributed by atoms with Crippen molar-refractivity contribution in [3.63, 3.8) is 0 Å². The van der Waals surface area contributed by atoms with Crippen LogP contribution in [0, 0.1) is 5.92 Å². The lowest BCUT2D eigenvalue weighted by atomic mass is 9.74.